The van der Waals surface area contributed by atoms with Gasteiger partial charge in [-0.3, -0.25) is 14.8 Å². The molecule has 0 aliphatic rings. The fraction of sp³-hybridized carbons (Fsp3) is 0.444. The lowest BCUT2D eigenvalue weighted by Gasteiger charge is -2.15. The van der Waals surface area contributed by atoms with Crippen LogP contribution in [0.3, 0.4) is 0 Å². The minimum atomic E-state index is -0.510. The maximum absolute atomic E-state index is 11.4. The van der Waals surface area contributed by atoms with E-state index in [0.29, 0.717) is 6.54 Å². The van der Waals surface area contributed by atoms with E-state index in [1.807, 2.05) is 0 Å². The Morgan fingerprint density at radius 1 is 1.62 bits per heavy atom. The lowest BCUT2D eigenvalue weighted by Crippen LogP contribution is -2.40. The van der Waals surface area contributed by atoms with Gasteiger partial charge in [-0.1, -0.05) is 0 Å². The summed E-state index contributed by atoms with van der Waals surface area (Å²) in [4.78, 5) is 23.7. The first-order valence-electron chi connectivity index (χ1n) is 4.61. The first kappa shape index (κ1) is 12.5. The van der Waals surface area contributed by atoms with E-state index in [-0.39, 0.29) is 5.88 Å². The van der Waals surface area contributed by atoms with Crippen LogP contribution >= 0.6 is 11.6 Å². The predicted molar refractivity (Wildman–Crippen MR) is 58.9 cm³/mol. The highest BCUT2D eigenvalue weighted by atomic mass is 35.5. The number of imide groups is 1. The minimum absolute atomic E-state index is 0.230. The molecule has 0 atom stereocenters. The summed E-state index contributed by atoms with van der Waals surface area (Å²) in [5.41, 5.74) is 0.887. The molecule has 0 aliphatic carbocycles. The van der Waals surface area contributed by atoms with Crippen LogP contribution in [0.5, 0.6) is 0 Å². The fourth-order valence-corrected chi connectivity index (χ4v) is 1.21. The van der Waals surface area contributed by atoms with Crippen molar-refractivity contribution in [3.8, 4) is 0 Å². The largest absolute Gasteiger partial charge is 0.324 e. The number of urea groups is 1. The van der Waals surface area contributed by atoms with Crippen molar-refractivity contribution in [3.05, 3.63) is 18.0 Å². The van der Waals surface area contributed by atoms with E-state index < -0.39 is 11.9 Å². The molecule has 0 saturated carbocycles. The topological polar surface area (TPSA) is 67.2 Å². The molecule has 1 N–H and O–H groups in total. The van der Waals surface area contributed by atoms with Gasteiger partial charge < -0.3 is 4.90 Å². The molecular formula is C9H13ClN4O2. The molecule has 16 heavy (non-hydrogen) atoms. The molecule has 1 aromatic heterocycles. The quantitative estimate of drug-likeness (QED) is 0.779. The van der Waals surface area contributed by atoms with E-state index in [9.17, 15) is 9.59 Å². The number of nitrogens with one attached hydrogen (secondary N) is 1. The number of carbonyl (C=O) groups excluding carboxylic acids is 2. The molecule has 7 heteroatoms. The molecule has 0 aliphatic heterocycles. The van der Waals surface area contributed by atoms with Gasteiger partial charge in [0.15, 0.2) is 0 Å². The van der Waals surface area contributed by atoms with E-state index in [4.69, 9.17) is 11.6 Å². The molecule has 0 bridgehead atoms. The van der Waals surface area contributed by atoms with Crippen LogP contribution < -0.4 is 5.32 Å². The molecule has 0 unspecified atom stereocenters. The molecule has 0 spiro atoms. The predicted octanol–water partition coefficient (Wildman–Crippen LogP) is 0.327. The molecule has 6 nitrogen and oxygen atoms in total. The molecule has 0 radical (unpaired) electrons. The van der Waals surface area contributed by atoms with Gasteiger partial charge in [0.1, 0.15) is 5.88 Å². The van der Waals surface area contributed by atoms with Gasteiger partial charge in [-0.25, -0.2) is 4.79 Å². The zero-order chi connectivity index (χ0) is 12.1. The summed E-state index contributed by atoms with van der Waals surface area (Å²) in [6.45, 7) is 0.384. The Bertz CT molecular complexity index is 391. The molecule has 0 saturated heterocycles. The third-order valence-corrected chi connectivity index (χ3v) is 2.14. The van der Waals surface area contributed by atoms with Gasteiger partial charge in [-0.05, 0) is 0 Å². The number of carbonyl (C=O) groups is 2. The highest BCUT2D eigenvalue weighted by Gasteiger charge is 2.12. The van der Waals surface area contributed by atoms with E-state index >= 15 is 0 Å². The number of halogens is 1. The number of amides is 3. The van der Waals surface area contributed by atoms with Crippen molar-refractivity contribution in [2.24, 2.45) is 7.05 Å². The summed E-state index contributed by atoms with van der Waals surface area (Å²) >= 11 is 5.27. The van der Waals surface area contributed by atoms with Crippen molar-refractivity contribution < 1.29 is 9.59 Å². The first-order valence-corrected chi connectivity index (χ1v) is 5.15. The van der Waals surface area contributed by atoms with Gasteiger partial charge in [0.05, 0.1) is 12.7 Å². The number of aryl methyl sites for hydroxylation is 1. The van der Waals surface area contributed by atoms with Crippen LogP contribution in [0.2, 0.25) is 0 Å². The molecule has 1 rings (SSSR count). The highest BCUT2D eigenvalue weighted by Crippen LogP contribution is 2.01. The van der Waals surface area contributed by atoms with Gasteiger partial charge in [-0.15, -0.1) is 11.6 Å². The third kappa shape index (κ3) is 3.54. The highest BCUT2D eigenvalue weighted by molar-refractivity contribution is 6.28. The average Bonchev–Trinajstić information content (AvgIpc) is 2.63. The Morgan fingerprint density at radius 3 is 2.81 bits per heavy atom. The van der Waals surface area contributed by atoms with E-state index in [0.717, 1.165) is 5.56 Å². The second-order valence-corrected chi connectivity index (χ2v) is 3.63. The summed E-state index contributed by atoms with van der Waals surface area (Å²) in [5.74, 6) is -0.739. The van der Waals surface area contributed by atoms with Crippen LogP contribution in [-0.4, -0.2) is 39.5 Å². The number of hydrogen-bond acceptors (Lipinski definition) is 3. The second-order valence-electron chi connectivity index (χ2n) is 3.37. The van der Waals surface area contributed by atoms with Crippen LogP contribution in [0.4, 0.5) is 4.79 Å². The average molecular weight is 245 g/mol. The summed E-state index contributed by atoms with van der Waals surface area (Å²) in [5, 5.41) is 6.12. The van der Waals surface area contributed by atoms with Gasteiger partial charge in [0, 0.05) is 25.9 Å². The monoisotopic (exact) mass is 244 g/mol. The molecule has 0 aromatic carbocycles. The number of rotatable bonds is 3. The standard InChI is InChI=1S/C9H13ClN4O2/c1-13(9(16)12-8(15)3-10)5-7-4-11-14(2)6-7/h4,6H,3,5H2,1-2H3,(H,12,15,16). The summed E-state index contributed by atoms with van der Waals surface area (Å²) < 4.78 is 1.64. The van der Waals surface area contributed by atoms with E-state index in [1.54, 1.807) is 31.2 Å². The van der Waals surface area contributed by atoms with Crippen molar-refractivity contribution in [1.29, 1.82) is 0 Å². The maximum atomic E-state index is 11.4. The molecular weight excluding hydrogens is 232 g/mol. The van der Waals surface area contributed by atoms with Crippen molar-refractivity contribution in [3.63, 3.8) is 0 Å². The zero-order valence-electron chi connectivity index (χ0n) is 9.11. The summed E-state index contributed by atoms with van der Waals surface area (Å²) in [7, 11) is 3.38. The number of aromatic nitrogens is 2. The normalized spacial score (nSPS) is 9.94. The van der Waals surface area contributed by atoms with E-state index in [2.05, 4.69) is 10.4 Å². The summed E-state index contributed by atoms with van der Waals surface area (Å²) in [6, 6.07) is -0.477. The first-order chi connectivity index (χ1) is 7.52. The van der Waals surface area contributed by atoms with Crippen molar-refractivity contribution in [1.82, 2.24) is 20.0 Å². The minimum Gasteiger partial charge on any atom is -0.323 e. The number of hydrogen-bond donors (Lipinski definition) is 1. The Labute approximate surface area is 98.2 Å². The molecule has 1 heterocycles. The van der Waals surface area contributed by atoms with Gasteiger partial charge in [-0.2, -0.15) is 5.10 Å². The molecule has 3 amide bonds. The smallest absolute Gasteiger partial charge is 0.323 e. The fourth-order valence-electron chi connectivity index (χ4n) is 1.15. The van der Waals surface area contributed by atoms with Gasteiger partial charge in [0.2, 0.25) is 5.91 Å². The molecule has 88 valence electrons. The summed E-state index contributed by atoms with van der Waals surface area (Å²) in [6.07, 6.45) is 3.46. The lowest BCUT2D eigenvalue weighted by molar-refractivity contribution is -0.117. The zero-order valence-corrected chi connectivity index (χ0v) is 9.86. The van der Waals surface area contributed by atoms with Crippen LogP contribution in [-0.2, 0) is 18.4 Å². The van der Waals surface area contributed by atoms with Crippen LogP contribution in [0.25, 0.3) is 0 Å². The lowest BCUT2D eigenvalue weighted by atomic mass is 10.3. The number of alkyl halides is 1. The molecule has 0 fully saturated rings. The van der Waals surface area contributed by atoms with Crippen LogP contribution in [0.1, 0.15) is 5.56 Å². The van der Waals surface area contributed by atoms with Crippen molar-refractivity contribution >= 4 is 23.5 Å². The molecule has 1 aromatic rings. The Hall–Kier alpha value is -1.56. The maximum Gasteiger partial charge on any atom is 0.324 e. The van der Waals surface area contributed by atoms with Gasteiger partial charge >= 0.3 is 6.03 Å². The Balaban J connectivity index is 2.48. The Kier molecular flexibility index (Phi) is 4.30. The van der Waals surface area contributed by atoms with Crippen LogP contribution in [0, 0.1) is 0 Å². The van der Waals surface area contributed by atoms with Crippen LogP contribution in [0.15, 0.2) is 12.4 Å². The van der Waals surface area contributed by atoms with Crippen molar-refractivity contribution in [2.75, 3.05) is 12.9 Å². The van der Waals surface area contributed by atoms with E-state index in [1.165, 1.54) is 4.90 Å². The third-order valence-electron chi connectivity index (χ3n) is 1.89. The van der Waals surface area contributed by atoms with Gasteiger partial charge in [0.25, 0.3) is 0 Å². The second kappa shape index (κ2) is 5.50. The SMILES string of the molecule is CN(Cc1cnn(C)c1)C(=O)NC(=O)CCl. The Morgan fingerprint density at radius 2 is 2.31 bits per heavy atom. The number of nitrogens with zero attached hydrogens (tertiary/aromatic N) is 3. The van der Waals surface area contributed by atoms with Crippen molar-refractivity contribution in [2.45, 2.75) is 6.54 Å².